The molecule has 2 aromatic rings. The van der Waals surface area contributed by atoms with Crippen molar-refractivity contribution in [2.75, 3.05) is 26.7 Å². The SMILES string of the molecule is CN=C(NCc1cc(C#N)ccc1F)N1CCOC(c2ccc(C)cc2C)C1.I. The summed E-state index contributed by atoms with van der Waals surface area (Å²) in [5.41, 5.74) is 4.51. The minimum atomic E-state index is -0.336. The van der Waals surface area contributed by atoms with Crippen LogP contribution in [0.5, 0.6) is 0 Å². The molecule has 1 heterocycles. The maximum Gasteiger partial charge on any atom is 0.194 e. The van der Waals surface area contributed by atoms with E-state index in [1.54, 1.807) is 13.1 Å². The molecule has 3 rings (SSSR count). The van der Waals surface area contributed by atoms with E-state index in [0.29, 0.717) is 36.8 Å². The monoisotopic (exact) mass is 508 g/mol. The summed E-state index contributed by atoms with van der Waals surface area (Å²) >= 11 is 0. The van der Waals surface area contributed by atoms with Crippen molar-refractivity contribution in [2.45, 2.75) is 26.5 Å². The lowest BCUT2D eigenvalue weighted by Crippen LogP contribution is -2.48. The molecule has 1 saturated heterocycles. The first kappa shape index (κ1) is 23.1. The van der Waals surface area contributed by atoms with Crippen LogP contribution in [0.15, 0.2) is 41.4 Å². The molecule has 0 bridgehead atoms. The van der Waals surface area contributed by atoms with Crippen molar-refractivity contribution in [1.82, 2.24) is 10.2 Å². The summed E-state index contributed by atoms with van der Waals surface area (Å²) in [5, 5.41) is 12.2. The molecule has 1 aliphatic rings. The molecule has 1 fully saturated rings. The molecule has 5 nitrogen and oxygen atoms in total. The van der Waals surface area contributed by atoms with E-state index < -0.39 is 0 Å². The van der Waals surface area contributed by atoms with Gasteiger partial charge in [0.1, 0.15) is 11.9 Å². The number of hydrogen-bond donors (Lipinski definition) is 1. The molecule has 7 heteroatoms. The molecule has 2 aromatic carbocycles. The van der Waals surface area contributed by atoms with Gasteiger partial charge in [0, 0.05) is 25.7 Å². The van der Waals surface area contributed by atoms with Crippen LogP contribution in [0.1, 0.15) is 33.9 Å². The van der Waals surface area contributed by atoms with Crippen molar-refractivity contribution >= 4 is 29.9 Å². The topological polar surface area (TPSA) is 60.7 Å². The van der Waals surface area contributed by atoms with Gasteiger partial charge in [0.05, 0.1) is 24.8 Å². The Morgan fingerprint density at radius 1 is 1.31 bits per heavy atom. The summed E-state index contributed by atoms with van der Waals surface area (Å²) in [5.74, 6) is 0.358. The number of rotatable bonds is 3. The van der Waals surface area contributed by atoms with Gasteiger partial charge >= 0.3 is 0 Å². The van der Waals surface area contributed by atoms with Gasteiger partial charge in [-0.05, 0) is 43.2 Å². The summed E-state index contributed by atoms with van der Waals surface area (Å²) in [4.78, 5) is 6.48. The van der Waals surface area contributed by atoms with E-state index >= 15 is 0 Å². The van der Waals surface area contributed by atoms with Gasteiger partial charge in [-0.3, -0.25) is 4.99 Å². The number of hydrogen-bond acceptors (Lipinski definition) is 3. The van der Waals surface area contributed by atoms with Crippen LogP contribution in [0.4, 0.5) is 4.39 Å². The van der Waals surface area contributed by atoms with Crippen molar-refractivity contribution in [3.8, 4) is 6.07 Å². The quantitative estimate of drug-likeness (QED) is 0.386. The molecule has 1 aliphatic heterocycles. The maximum atomic E-state index is 14.0. The Morgan fingerprint density at radius 2 is 2.10 bits per heavy atom. The summed E-state index contributed by atoms with van der Waals surface area (Å²) < 4.78 is 20.0. The lowest BCUT2D eigenvalue weighted by molar-refractivity contribution is -0.00834. The van der Waals surface area contributed by atoms with E-state index in [0.717, 1.165) is 0 Å². The molecule has 0 aromatic heterocycles. The fraction of sp³-hybridized carbons (Fsp3) is 0.364. The number of nitrogens with zero attached hydrogens (tertiary/aromatic N) is 3. The second-order valence-corrected chi connectivity index (χ2v) is 6.98. The van der Waals surface area contributed by atoms with Gasteiger partial charge in [0.25, 0.3) is 0 Å². The second kappa shape index (κ2) is 10.6. The van der Waals surface area contributed by atoms with E-state index in [1.165, 1.54) is 28.8 Å². The molecule has 0 spiro atoms. The summed E-state index contributed by atoms with van der Waals surface area (Å²) in [7, 11) is 1.71. The Bertz CT molecular complexity index is 926. The zero-order valence-corrected chi connectivity index (χ0v) is 19.2. The zero-order valence-electron chi connectivity index (χ0n) is 16.9. The van der Waals surface area contributed by atoms with Crippen LogP contribution < -0.4 is 5.32 Å². The molecule has 0 saturated carbocycles. The van der Waals surface area contributed by atoms with E-state index in [4.69, 9.17) is 10.00 Å². The third kappa shape index (κ3) is 5.67. The van der Waals surface area contributed by atoms with Gasteiger partial charge in [-0.2, -0.15) is 5.26 Å². The maximum absolute atomic E-state index is 14.0. The Labute approximate surface area is 188 Å². The van der Waals surface area contributed by atoms with Gasteiger partial charge in [-0.25, -0.2) is 4.39 Å². The van der Waals surface area contributed by atoms with Crippen molar-refractivity contribution in [3.05, 3.63) is 70.0 Å². The second-order valence-electron chi connectivity index (χ2n) is 6.98. The van der Waals surface area contributed by atoms with Crippen molar-refractivity contribution < 1.29 is 9.13 Å². The highest BCUT2D eigenvalue weighted by Gasteiger charge is 2.25. The van der Waals surface area contributed by atoms with E-state index in [2.05, 4.69) is 47.3 Å². The van der Waals surface area contributed by atoms with Crippen molar-refractivity contribution in [3.63, 3.8) is 0 Å². The third-order valence-electron chi connectivity index (χ3n) is 4.96. The number of ether oxygens (including phenoxy) is 1. The van der Waals surface area contributed by atoms with Crippen LogP contribution in [0.2, 0.25) is 0 Å². The molecule has 1 unspecified atom stereocenters. The van der Waals surface area contributed by atoms with Gasteiger partial charge in [0.2, 0.25) is 0 Å². The standard InChI is InChI=1S/C22H25FN4O.HI/c1-15-4-6-19(16(2)10-15)21-14-27(8-9-28-21)22(25-3)26-13-18-11-17(12-24)5-7-20(18)23;/h4-7,10-11,21H,8-9,13-14H2,1-3H3,(H,25,26);1H. The molecular formula is C22H26FIN4O. The fourth-order valence-electron chi connectivity index (χ4n) is 3.50. The number of halogens is 2. The number of morpholine rings is 1. The fourth-order valence-corrected chi connectivity index (χ4v) is 3.50. The number of aryl methyl sites for hydroxylation is 2. The average molecular weight is 508 g/mol. The average Bonchev–Trinajstić information content (AvgIpc) is 2.70. The Balaban J connectivity index is 0.00000300. The van der Waals surface area contributed by atoms with E-state index in [-0.39, 0.29) is 42.4 Å². The van der Waals surface area contributed by atoms with Gasteiger partial charge in [-0.1, -0.05) is 23.8 Å². The van der Waals surface area contributed by atoms with Crippen LogP contribution in [-0.4, -0.2) is 37.6 Å². The first-order valence-corrected chi connectivity index (χ1v) is 9.34. The molecule has 29 heavy (non-hydrogen) atoms. The van der Waals surface area contributed by atoms with Crippen LogP contribution in [0.3, 0.4) is 0 Å². The third-order valence-corrected chi connectivity index (χ3v) is 4.96. The van der Waals surface area contributed by atoms with Gasteiger partial charge < -0.3 is 15.0 Å². The minimum absolute atomic E-state index is 0. The van der Waals surface area contributed by atoms with Crippen LogP contribution in [0, 0.1) is 31.0 Å². The van der Waals surface area contributed by atoms with Gasteiger partial charge in [-0.15, -0.1) is 24.0 Å². The Hall–Kier alpha value is -2.18. The first-order chi connectivity index (χ1) is 13.5. The largest absolute Gasteiger partial charge is 0.370 e. The van der Waals surface area contributed by atoms with Crippen LogP contribution in [-0.2, 0) is 11.3 Å². The molecule has 0 radical (unpaired) electrons. The Kier molecular flexibility index (Phi) is 8.41. The molecular weight excluding hydrogens is 482 g/mol. The summed E-state index contributed by atoms with van der Waals surface area (Å²) in [6.07, 6.45) is -0.0356. The highest BCUT2D eigenvalue weighted by Crippen LogP contribution is 2.26. The highest BCUT2D eigenvalue weighted by molar-refractivity contribution is 14.0. The van der Waals surface area contributed by atoms with Crippen molar-refractivity contribution in [2.24, 2.45) is 4.99 Å². The summed E-state index contributed by atoms with van der Waals surface area (Å²) in [6, 6.07) is 12.8. The lowest BCUT2D eigenvalue weighted by Gasteiger charge is -2.36. The van der Waals surface area contributed by atoms with Gasteiger partial charge in [0.15, 0.2) is 5.96 Å². The number of nitrogens with one attached hydrogen (secondary N) is 1. The minimum Gasteiger partial charge on any atom is -0.370 e. The molecule has 0 aliphatic carbocycles. The zero-order chi connectivity index (χ0) is 20.1. The highest BCUT2D eigenvalue weighted by atomic mass is 127. The number of benzene rings is 2. The predicted octanol–water partition coefficient (Wildman–Crippen LogP) is 4.08. The van der Waals surface area contributed by atoms with Crippen molar-refractivity contribution in [1.29, 1.82) is 5.26 Å². The molecule has 0 amide bonds. The summed E-state index contributed by atoms with van der Waals surface area (Å²) in [6.45, 7) is 6.42. The number of aliphatic imine (C=N–C) groups is 1. The molecule has 1 atom stereocenters. The predicted molar refractivity (Wildman–Crippen MR) is 123 cm³/mol. The first-order valence-electron chi connectivity index (χ1n) is 9.34. The van der Waals surface area contributed by atoms with E-state index in [9.17, 15) is 4.39 Å². The van der Waals surface area contributed by atoms with Crippen LogP contribution >= 0.6 is 24.0 Å². The van der Waals surface area contributed by atoms with Crippen LogP contribution in [0.25, 0.3) is 0 Å². The van der Waals surface area contributed by atoms with E-state index in [1.807, 2.05) is 6.07 Å². The normalized spacial score (nSPS) is 16.7. The number of guanidine groups is 1. The smallest absolute Gasteiger partial charge is 0.194 e. The Morgan fingerprint density at radius 3 is 2.79 bits per heavy atom. The number of nitriles is 1. The lowest BCUT2D eigenvalue weighted by atomic mass is 10.00. The molecule has 154 valence electrons. The molecule has 1 N–H and O–H groups in total.